The van der Waals surface area contributed by atoms with Gasteiger partial charge in [0.05, 0.1) is 13.7 Å². The van der Waals surface area contributed by atoms with Gasteiger partial charge < -0.3 is 20.1 Å². The molecule has 0 aromatic carbocycles. The van der Waals surface area contributed by atoms with E-state index >= 15 is 0 Å². The van der Waals surface area contributed by atoms with Gasteiger partial charge in [-0.15, -0.1) is 0 Å². The molecule has 1 aromatic heterocycles. The first kappa shape index (κ1) is 21.3. The number of halogens is 1. The number of rotatable bonds is 2. The summed E-state index contributed by atoms with van der Waals surface area (Å²) in [6, 6.07) is -0.893. The van der Waals surface area contributed by atoms with E-state index in [0.29, 0.717) is 16.1 Å². The largest absolute Gasteiger partial charge is 0.467 e. The van der Waals surface area contributed by atoms with E-state index in [1.165, 1.54) is 16.6 Å². The van der Waals surface area contributed by atoms with Gasteiger partial charge in [0.2, 0.25) is 5.95 Å². The molecule has 1 aromatic rings. The first-order valence-corrected chi connectivity index (χ1v) is 9.38. The average Bonchev–Trinajstić information content (AvgIpc) is 2.60. The van der Waals surface area contributed by atoms with Crippen LogP contribution in [0.1, 0.15) is 20.8 Å². The number of piperazine rings is 1. The van der Waals surface area contributed by atoms with Crippen molar-refractivity contribution in [2.75, 3.05) is 37.4 Å². The number of hydrogen-bond acceptors (Lipinski definition) is 8. The highest BCUT2D eigenvalue weighted by atomic mass is 127. The predicted octanol–water partition coefficient (Wildman–Crippen LogP) is 0.566. The first-order chi connectivity index (χ1) is 12.5. The molecule has 0 unspecified atom stereocenters. The topological polar surface area (TPSA) is 120 Å². The van der Waals surface area contributed by atoms with E-state index in [-0.39, 0.29) is 24.5 Å². The normalized spacial score (nSPS) is 17.6. The number of nitrogens with zero attached hydrogens (tertiary/aromatic N) is 4. The molecular formula is C16H24IN5O5. The Kier molecular flexibility index (Phi) is 6.22. The van der Waals surface area contributed by atoms with Crippen molar-refractivity contribution in [3.63, 3.8) is 0 Å². The number of nitrogen functional groups attached to an aromatic ring is 1. The van der Waals surface area contributed by atoms with E-state index in [0.717, 1.165) is 0 Å². The molecule has 1 atom stereocenters. The SMILES string of the molecule is COC(=O)[C@@H]1CN(c2nc(N)c(I)c(=O)n2C)CCN1C(=O)OC(C)(C)C. The second kappa shape index (κ2) is 7.90. The minimum atomic E-state index is -0.893. The zero-order valence-electron chi connectivity index (χ0n) is 16.0. The third-order valence-electron chi connectivity index (χ3n) is 4.00. The molecule has 1 amide bonds. The fourth-order valence-electron chi connectivity index (χ4n) is 2.70. The summed E-state index contributed by atoms with van der Waals surface area (Å²) in [4.78, 5) is 44.4. The van der Waals surface area contributed by atoms with E-state index in [4.69, 9.17) is 15.2 Å². The molecule has 1 saturated heterocycles. The second-order valence-corrected chi connectivity index (χ2v) is 8.21. The number of nitrogens with two attached hydrogens (primary N) is 1. The van der Waals surface area contributed by atoms with Crippen LogP contribution in [-0.2, 0) is 21.3 Å². The molecule has 1 fully saturated rings. The number of amides is 1. The molecule has 2 heterocycles. The number of hydrogen-bond donors (Lipinski definition) is 1. The van der Waals surface area contributed by atoms with Gasteiger partial charge in [0, 0.05) is 20.1 Å². The zero-order valence-corrected chi connectivity index (χ0v) is 18.1. The van der Waals surface area contributed by atoms with Gasteiger partial charge in [0.25, 0.3) is 5.56 Å². The molecule has 0 spiro atoms. The Morgan fingerprint density at radius 2 is 1.93 bits per heavy atom. The van der Waals surface area contributed by atoms with Crippen LogP contribution in [0, 0.1) is 3.57 Å². The highest BCUT2D eigenvalue weighted by molar-refractivity contribution is 14.1. The predicted molar refractivity (Wildman–Crippen MR) is 108 cm³/mol. The monoisotopic (exact) mass is 493 g/mol. The highest BCUT2D eigenvalue weighted by Crippen LogP contribution is 2.21. The number of ether oxygens (including phenoxy) is 2. The number of esters is 1. The van der Waals surface area contributed by atoms with Crippen molar-refractivity contribution in [2.45, 2.75) is 32.4 Å². The van der Waals surface area contributed by atoms with E-state index in [9.17, 15) is 14.4 Å². The van der Waals surface area contributed by atoms with Crippen LogP contribution < -0.4 is 16.2 Å². The summed E-state index contributed by atoms with van der Waals surface area (Å²) in [6.07, 6.45) is -0.596. The van der Waals surface area contributed by atoms with Crippen molar-refractivity contribution in [2.24, 2.45) is 7.05 Å². The summed E-state index contributed by atoms with van der Waals surface area (Å²) < 4.78 is 11.9. The number of methoxy groups -OCH3 is 1. The first-order valence-electron chi connectivity index (χ1n) is 8.30. The standard InChI is InChI=1S/C16H24IN5O5/c1-16(2,3)27-15(25)22-7-6-21(8-9(22)13(24)26-5)14-19-11(18)10(17)12(23)20(14)4/h9H,6-8,18H2,1-5H3/t9-/m0/s1. The fourth-order valence-corrected chi connectivity index (χ4v) is 3.19. The van der Waals surface area contributed by atoms with Gasteiger partial charge in [-0.25, -0.2) is 9.59 Å². The lowest BCUT2D eigenvalue weighted by atomic mass is 10.1. The molecule has 0 radical (unpaired) electrons. The molecule has 1 aliphatic rings. The number of carbonyl (C=O) groups excluding carboxylic acids is 2. The van der Waals surface area contributed by atoms with E-state index in [1.807, 2.05) is 22.6 Å². The molecule has 0 bridgehead atoms. The van der Waals surface area contributed by atoms with E-state index in [1.54, 1.807) is 32.7 Å². The minimum Gasteiger partial charge on any atom is -0.467 e. The summed E-state index contributed by atoms with van der Waals surface area (Å²) in [7, 11) is 2.84. The lowest BCUT2D eigenvalue weighted by Crippen LogP contribution is -2.60. The summed E-state index contributed by atoms with van der Waals surface area (Å²) in [5.41, 5.74) is 4.86. The molecule has 1 aliphatic heterocycles. The third kappa shape index (κ3) is 4.62. The molecule has 0 aliphatic carbocycles. The second-order valence-electron chi connectivity index (χ2n) is 7.13. The van der Waals surface area contributed by atoms with Crippen LogP contribution in [0.3, 0.4) is 0 Å². The maximum Gasteiger partial charge on any atom is 0.411 e. The van der Waals surface area contributed by atoms with Crippen molar-refractivity contribution in [1.29, 1.82) is 0 Å². The summed E-state index contributed by atoms with van der Waals surface area (Å²) in [5.74, 6) is -0.123. The van der Waals surface area contributed by atoms with Gasteiger partial charge in [-0.05, 0) is 43.4 Å². The van der Waals surface area contributed by atoms with Gasteiger partial charge in [-0.2, -0.15) is 4.98 Å². The smallest absolute Gasteiger partial charge is 0.411 e. The van der Waals surface area contributed by atoms with Crippen molar-refractivity contribution in [3.8, 4) is 0 Å². The minimum absolute atomic E-state index is 0.103. The summed E-state index contributed by atoms with van der Waals surface area (Å²) >= 11 is 1.84. The zero-order chi connectivity index (χ0) is 20.5. The molecular weight excluding hydrogens is 469 g/mol. The lowest BCUT2D eigenvalue weighted by Gasteiger charge is -2.40. The van der Waals surface area contributed by atoms with E-state index < -0.39 is 23.7 Å². The molecule has 150 valence electrons. The maximum absolute atomic E-state index is 12.5. The molecule has 2 rings (SSSR count). The number of aromatic nitrogens is 2. The third-order valence-corrected chi connectivity index (χ3v) is 5.02. The van der Waals surface area contributed by atoms with Gasteiger partial charge >= 0.3 is 12.1 Å². The highest BCUT2D eigenvalue weighted by Gasteiger charge is 2.39. The maximum atomic E-state index is 12.5. The Morgan fingerprint density at radius 1 is 1.30 bits per heavy atom. The molecule has 11 heteroatoms. The Morgan fingerprint density at radius 3 is 2.48 bits per heavy atom. The van der Waals surface area contributed by atoms with Crippen LogP contribution in [0.5, 0.6) is 0 Å². The van der Waals surface area contributed by atoms with Crippen LogP contribution in [-0.4, -0.2) is 64.9 Å². The summed E-state index contributed by atoms with van der Waals surface area (Å²) in [5, 5.41) is 0. The van der Waals surface area contributed by atoms with Gasteiger partial charge in [-0.3, -0.25) is 14.3 Å². The van der Waals surface area contributed by atoms with Crippen molar-refractivity contribution < 1.29 is 19.1 Å². The molecule has 27 heavy (non-hydrogen) atoms. The molecule has 10 nitrogen and oxygen atoms in total. The van der Waals surface area contributed by atoms with Crippen LogP contribution in [0.15, 0.2) is 4.79 Å². The Hall–Kier alpha value is -2.05. The fraction of sp³-hybridized carbons (Fsp3) is 0.625. The average molecular weight is 493 g/mol. The lowest BCUT2D eigenvalue weighted by molar-refractivity contribution is -0.147. The van der Waals surface area contributed by atoms with Crippen molar-refractivity contribution in [1.82, 2.24) is 14.5 Å². The Labute approximate surface area is 170 Å². The van der Waals surface area contributed by atoms with Gasteiger partial charge in [-0.1, -0.05) is 0 Å². The van der Waals surface area contributed by atoms with Crippen molar-refractivity contribution >= 4 is 46.4 Å². The van der Waals surface area contributed by atoms with Gasteiger partial charge in [0.15, 0.2) is 6.04 Å². The van der Waals surface area contributed by atoms with Crippen LogP contribution in [0.4, 0.5) is 16.6 Å². The van der Waals surface area contributed by atoms with Crippen LogP contribution in [0.2, 0.25) is 0 Å². The Bertz CT molecular complexity index is 804. The Balaban J connectivity index is 2.33. The molecule has 0 saturated carbocycles. The van der Waals surface area contributed by atoms with E-state index in [2.05, 4.69) is 4.98 Å². The van der Waals surface area contributed by atoms with Gasteiger partial charge in [0.1, 0.15) is 15.0 Å². The number of anilines is 2. The van der Waals surface area contributed by atoms with Crippen molar-refractivity contribution in [3.05, 3.63) is 13.9 Å². The van der Waals surface area contributed by atoms with Crippen LogP contribution in [0.25, 0.3) is 0 Å². The molecule has 2 N–H and O–H groups in total. The summed E-state index contributed by atoms with van der Waals surface area (Å²) in [6.45, 7) is 5.92. The number of carbonyl (C=O) groups is 2. The van der Waals surface area contributed by atoms with Crippen LogP contribution >= 0.6 is 22.6 Å². The quantitative estimate of drug-likeness (QED) is 0.469.